The van der Waals surface area contributed by atoms with Gasteiger partial charge in [0, 0.05) is 25.1 Å². The van der Waals surface area contributed by atoms with Crippen LogP contribution in [0.5, 0.6) is 5.75 Å². The van der Waals surface area contributed by atoms with E-state index in [0.29, 0.717) is 18.7 Å². The molecule has 4 rings (SSSR count). The number of hydrogen-bond donors (Lipinski definition) is 1. The van der Waals surface area contributed by atoms with E-state index in [9.17, 15) is 9.90 Å². The molecule has 0 bridgehead atoms. The number of benzene rings is 1. The Morgan fingerprint density at radius 1 is 1.22 bits per heavy atom. The minimum atomic E-state index is 0.103. The maximum absolute atomic E-state index is 12.6. The monoisotopic (exact) mass is 369 g/mol. The van der Waals surface area contributed by atoms with Gasteiger partial charge >= 0.3 is 0 Å². The van der Waals surface area contributed by atoms with Gasteiger partial charge in [-0.15, -0.1) is 0 Å². The Hall–Kier alpha value is -2.34. The summed E-state index contributed by atoms with van der Waals surface area (Å²) in [5.41, 5.74) is 3.16. The van der Waals surface area contributed by atoms with Crippen molar-refractivity contribution >= 4 is 5.91 Å². The molecule has 0 radical (unpaired) electrons. The minimum absolute atomic E-state index is 0.103. The number of phenols is 1. The zero-order valence-electron chi connectivity index (χ0n) is 16.1. The number of carbonyl (C=O) groups is 1. The fourth-order valence-electron chi connectivity index (χ4n) is 4.48. The van der Waals surface area contributed by atoms with E-state index in [-0.39, 0.29) is 11.3 Å². The SMILES string of the molecule is Cc1noc(C)c1CN1CC2(CCN(Cc3cccc(O)c3)CC2)CC1=O. The molecule has 2 aliphatic rings. The first-order chi connectivity index (χ1) is 12.9. The lowest BCUT2D eigenvalue weighted by Crippen LogP contribution is -2.41. The Bertz CT molecular complexity index is 817. The van der Waals surface area contributed by atoms with E-state index in [2.05, 4.69) is 16.1 Å². The number of likely N-dealkylation sites (tertiary alicyclic amines) is 2. The van der Waals surface area contributed by atoms with Crippen LogP contribution in [-0.4, -0.2) is 45.6 Å². The number of hydrogen-bond acceptors (Lipinski definition) is 5. The lowest BCUT2D eigenvalue weighted by molar-refractivity contribution is -0.128. The van der Waals surface area contributed by atoms with Gasteiger partial charge in [-0.05, 0) is 62.9 Å². The summed E-state index contributed by atoms with van der Waals surface area (Å²) in [7, 11) is 0. The van der Waals surface area contributed by atoms with Crippen LogP contribution in [0.2, 0.25) is 0 Å². The smallest absolute Gasteiger partial charge is 0.223 e. The first-order valence-electron chi connectivity index (χ1n) is 9.64. The fraction of sp³-hybridized carbons (Fsp3) is 0.524. The lowest BCUT2D eigenvalue weighted by Gasteiger charge is -2.38. The first kappa shape index (κ1) is 18.0. The Morgan fingerprint density at radius 3 is 2.67 bits per heavy atom. The van der Waals surface area contributed by atoms with Gasteiger partial charge < -0.3 is 14.5 Å². The van der Waals surface area contributed by atoms with Gasteiger partial charge in [0.1, 0.15) is 11.5 Å². The second kappa shape index (κ2) is 7.00. The van der Waals surface area contributed by atoms with E-state index < -0.39 is 0 Å². The van der Waals surface area contributed by atoms with Crippen LogP contribution >= 0.6 is 0 Å². The number of piperidine rings is 1. The van der Waals surface area contributed by atoms with Gasteiger partial charge in [-0.3, -0.25) is 9.69 Å². The molecule has 0 atom stereocenters. The lowest BCUT2D eigenvalue weighted by atomic mass is 9.77. The van der Waals surface area contributed by atoms with Crippen molar-refractivity contribution in [1.82, 2.24) is 15.0 Å². The van der Waals surface area contributed by atoms with Crippen molar-refractivity contribution in [3.63, 3.8) is 0 Å². The van der Waals surface area contributed by atoms with Gasteiger partial charge in [-0.1, -0.05) is 17.3 Å². The van der Waals surface area contributed by atoms with E-state index in [1.165, 1.54) is 0 Å². The summed E-state index contributed by atoms with van der Waals surface area (Å²) >= 11 is 0. The third-order valence-corrected chi connectivity index (χ3v) is 6.17. The maximum Gasteiger partial charge on any atom is 0.223 e. The molecule has 6 heteroatoms. The van der Waals surface area contributed by atoms with E-state index in [0.717, 1.165) is 61.6 Å². The average molecular weight is 369 g/mol. The van der Waals surface area contributed by atoms with Crippen LogP contribution in [-0.2, 0) is 17.9 Å². The molecule has 0 aliphatic carbocycles. The van der Waals surface area contributed by atoms with Crippen LogP contribution in [0.3, 0.4) is 0 Å². The predicted molar refractivity (Wildman–Crippen MR) is 101 cm³/mol. The number of aromatic hydroxyl groups is 1. The summed E-state index contributed by atoms with van der Waals surface area (Å²) in [4.78, 5) is 17.0. The molecular formula is C21H27N3O3. The largest absolute Gasteiger partial charge is 0.508 e. The van der Waals surface area contributed by atoms with Gasteiger partial charge in [-0.25, -0.2) is 0 Å². The van der Waals surface area contributed by atoms with E-state index in [1.54, 1.807) is 6.07 Å². The molecule has 1 spiro atoms. The molecule has 144 valence electrons. The van der Waals surface area contributed by atoms with Crippen LogP contribution in [0.1, 0.15) is 41.8 Å². The number of carbonyl (C=O) groups excluding carboxylic acids is 1. The zero-order valence-corrected chi connectivity index (χ0v) is 16.1. The van der Waals surface area contributed by atoms with Crippen LogP contribution < -0.4 is 0 Å². The van der Waals surface area contributed by atoms with Gasteiger partial charge in [-0.2, -0.15) is 0 Å². The summed E-state index contributed by atoms with van der Waals surface area (Å²) in [6, 6.07) is 7.47. The zero-order chi connectivity index (χ0) is 19.0. The second-order valence-electron chi connectivity index (χ2n) is 8.18. The molecule has 2 aliphatic heterocycles. The molecule has 1 aromatic carbocycles. The van der Waals surface area contributed by atoms with Crippen molar-refractivity contribution in [2.75, 3.05) is 19.6 Å². The van der Waals surface area contributed by atoms with Crippen molar-refractivity contribution in [2.24, 2.45) is 5.41 Å². The standard InChI is InChI=1S/C21H27N3O3/c1-15-19(16(2)27-22-15)13-24-14-21(11-20(24)26)6-8-23(9-7-21)12-17-4-3-5-18(25)10-17/h3-5,10,25H,6-9,11-14H2,1-2H3. The molecule has 2 aromatic rings. The highest BCUT2D eigenvalue weighted by atomic mass is 16.5. The molecule has 1 N–H and O–H groups in total. The van der Waals surface area contributed by atoms with Gasteiger partial charge in [0.15, 0.2) is 0 Å². The summed E-state index contributed by atoms with van der Waals surface area (Å²) < 4.78 is 5.24. The molecule has 1 aromatic heterocycles. The molecule has 0 saturated carbocycles. The summed E-state index contributed by atoms with van der Waals surface area (Å²) in [6.07, 6.45) is 2.72. The third-order valence-electron chi connectivity index (χ3n) is 6.17. The van der Waals surface area contributed by atoms with Crippen molar-refractivity contribution < 1.29 is 14.4 Å². The summed E-state index contributed by atoms with van der Waals surface area (Å²) in [5.74, 6) is 1.37. The van der Waals surface area contributed by atoms with Crippen molar-refractivity contribution in [2.45, 2.75) is 46.2 Å². The number of phenolic OH excluding ortho intramolecular Hbond substituents is 1. The van der Waals surface area contributed by atoms with Crippen molar-refractivity contribution in [1.29, 1.82) is 0 Å². The van der Waals surface area contributed by atoms with E-state index >= 15 is 0 Å². The quantitative estimate of drug-likeness (QED) is 0.897. The molecule has 2 fully saturated rings. The minimum Gasteiger partial charge on any atom is -0.508 e. The van der Waals surface area contributed by atoms with Crippen LogP contribution in [0.15, 0.2) is 28.8 Å². The Morgan fingerprint density at radius 2 is 2.00 bits per heavy atom. The van der Waals surface area contributed by atoms with Crippen molar-refractivity contribution in [3.05, 3.63) is 46.8 Å². The number of aromatic nitrogens is 1. The Labute approximate surface area is 159 Å². The highest BCUT2D eigenvalue weighted by Crippen LogP contribution is 2.42. The maximum atomic E-state index is 12.6. The van der Waals surface area contributed by atoms with E-state index in [1.807, 2.05) is 30.9 Å². The molecule has 3 heterocycles. The highest BCUT2D eigenvalue weighted by molar-refractivity contribution is 5.79. The van der Waals surface area contributed by atoms with Gasteiger partial charge in [0.25, 0.3) is 0 Å². The number of amides is 1. The number of aryl methyl sites for hydroxylation is 2. The van der Waals surface area contributed by atoms with Gasteiger partial charge in [0.05, 0.1) is 12.2 Å². The molecule has 2 saturated heterocycles. The van der Waals surface area contributed by atoms with Crippen LogP contribution in [0, 0.1) is 19.3 Å². The number of rotatable bonds is 4. The topological polar surface area (TPSA) is 69.8 Å². The molecule has 6 nitrogen and oxygen atoms in total. The average Bonchev–Trinajstić information content (AvgIpc) is 3.11. The fourth-order valence-corrected chi connectivity index (χ4v) is 4.48. The molecule has 0 unspecified atom stereocenters. The molecule has 1 amide bonds. The van der Waals surface area contributed by atoms with Crippen molar-refractivity contribution in [3.8, 4) is 5.75 Å². The Kier molecular flexibility index (Phi) is 4.68. The van der Waals surface area contributed by atoms with Crippen LogP contribution in [0.25, 0.3) is 0 Å². The van der Waals surface area contributed by atoms with Crippen LogP contribution in [0.4, 0.5) is 0 Å². The predicted octanol–water partition coefficient (Wildman–Crippen LogP) is 3.01. The number of nitrogens with zero attached hydrogens (tertiary/aromatic N) is 3. The third kappa shape index (κ3) is 3.72. The molecular weight excluding hydrogens is 342 g/mol. The highest BCUT2D eigenvalue weighted by Gasteiger charge is 2.45. The van der Waals surface area contributed by atoms with Gasteiger partial charge in [0.2, 0.25) is 5.91 Å². The van der Waals surface area contributed by atoms with E-state index in [4.69, 9.17) is 4.52 Å². The normalized spacial score (nSPS) is 19.9. The Balaban J connectivity index is 1.36. The summed E-state index contributed by atoms with van der Waals surface area (Å²) in [5, 5.41) is 13.6. The summed E-state index contributed by atoms with van der Waals surface area (Å²) in [6.45, 7) is 8.10. The molecule has 27 heavy (non-hydrogen) atoms. The first-order valence-corrected chi connectivity index (χ1v) is 9.64. The second-order valence-corrected chi connectivity index (χ2v) is 8.18.